The Labute approximate surface area is 175 Å². The number of thiazole rings is 1. The minimum atomic E-state index is -0.0805. The Kier molecular flexibility index (Phi) is 9.87. The van der Waals surface area contributed by atoms with Crippen LogP contribution in [0.4, 0.5) is 0 Å². The zero-order valence-corrected chi connectivity index (χ0v) is 17.7. The number of nitrogens with one attached hydrogen (secondary N) is 2. The summed E-state index contributed by atoms with van der Waals surface area (Å²) in [5, 5.41) is 8.40. The van der Waals surface area contributed by atoms with E-state index in [1.807, 2.05) is 5.38 Å². The summed E-state index contributed by atoms with van der Waals surface area (Å²) in [6.07, 6.45) is 0.943. The van der Waals surface area contributed by atoms with Gasteiger partial charge in [0.05, 0.1) is 18.3 Å². The van der Waals surface area contributed by atoms with Crippen molar-refractivity contribution in [3.63, 3.8) is 0 Å². The number of ether oxygens (including phenoxy) is 2. The summed E-state index contributed by atoms with van der Waals surface area (Å²) in [4.78, 5) is 16.7. The molecule has 2 atom stereocenters. The Bertz CT molecular complexity index is 716. The van der Waals surface area contributed by atoms with E-state index in [0.717, 1.165) is 25.2 Å². The first-order valence-electron chi connectivity index (χ1n) is 8.37. The van der Waals surface area contributed by atoms with Crippen LogP contribution in [0, 0.1) is 5.92 Å². The van der Waals surface area contributed by atoms with E-state index in [0.29, 0.717) is 29.6 Å². The number of hydrogen-bond acceptors (Lipinski definition) is 6. The summed E-state index contributed by atoms with van der Waals surface area (Å²) < 4.78 is 11.1. The molecular weight excluding hydrogens is 409 g/mol. The van der Waals surface area contributed by atoms with Gasteiger partial charge in [-0.1, -0.05) is 6.92 Å². The molecule has 0 saturated carbocycles. The average molecular weight is 434 g/mol. The molecule has 2 heterocycles. The van der Waals surface area contributed by atoms with E-state index in [4.69, 9.17) is 9.47 Å². The Balaban J connectivity index is 0.00000182. The molecule has 1 aromatic carbocycles. The van der Waals surface area contributed by atoms with Crippen molar-refractivity contribution in [2.45, 2.75) is 26.0 Å². The molecule has 1 amide bonds. The lowest BCUT2D eigenvalue weighted by Gasteiger charge is -2.30. The van der Waals surface area contributed by atoms with Crippen molar-refractivity contribution in [2.24, 2.45) is 5.92 Å². The third-order valence-electron chi connectivity index (χ3n) is 4.39. The van der Waals surface area contributed by atoms with Gasteiger partial charge in [0, 0.05) is 17.0 Å². The van der Waals surface area contributed by atoms with Crippen LogP contribution in [-0.2, 0) is 6.61 Å². The van der Waals surface area contributed by atoms with Crippen molar-refractivity contribution >= 4 is 42.1 Å². The van der Waals surface area contributed by atoms with Crippen LogP contribution in [0.5, 0.6) is 11.5 Å². The van der Waals surface area contributed by atoms with Gasteiger partial charge in [0.1, 0.15) is 6.61 Å². The highest BCUT2D eigenvalue weighted by molar-refractivity contribution is 7.07. The van der Waals surface area contributed by atoms with E-state index >= 15 is 0 Å². The lowest BCUT2D eigenvalue weighted by Crippen LogP contribution is -2.48. The Morgan fingerprint density at radius 1 is 1.37 bits per heavy atom. The van der Waals surface area contributed by atoms with E-state index in [9.17, 15) is 4.79 Å². The average Bonchev–Trinajstić information content (AvgIpc) is 3.15. The predicted octanol–water partition coefficient (Wildman–Crippen LogP) is 3.30. The Hall–Kier alpha value is -1.54. The van der Waals surface area contributed by atoms with Gasteiger partial charge in [-0.25, -0.2) is 4.98 Å². The highest BCUT2D eigenvalue weighted by atomic mass is 35.5. The third kappa shape index (κ3) is 6.24. The number of aromatic nitrogens is 1. The molecule has 0 bridgehead atoms. The summed E-state index contributed by atoms with van der Waals surface area (Å²) in [7, 11) is 1.57. The molecule has 0 spiro atoms. The number of carbonyl (C=O) groups excluding carboxylic acids is 1. The molecule has 1 aliphatic heterocycles. The van der Waals surface area contributed by atoms with Gasteiger partial charge in [0.2, 0.25) is 0 Å². The molecule has 150 valence electrons. The summed E-state index contributed by atoms with van der Waals surface area (Å²) >= 11 is 1.53. The minimum Gasteiger partial charge on any atom is -0.493 e. The SMILES string of the molecule is COc1cc(C(=O)NC2CCNCC2C)ccc1OCc1cscn1.Cl.Cl. The highest BCUT2D eigenvalue weighted by Crippen LogP contribution is 2.29. The fourth-order valence-electron chi connectivity index (χ4n) is 2.87. The number of nitrogens with zero attached hydrogens (tertiary/aromatic N) is 1. The smallest absolute Gasteiger partial charge is 0.251 e. The van der Waals surface area contributed by atoms with Crippen LogP contribution < -0.4 is 20.1 Å². The van der Waals surface area contributed by atoms with Crippen LogP contribution >= 0.6 is 36.2 Å². The summed E-state index contributed by atoms with van der Waals surface area (Å²) in [6, 6.07) is 5.45. The Morgan fingerprint density at radius 3 is 2.85 bits per heavy atom. The summed E-state index contributed by atoms with van der Waals surface area (Å²) in [6.45, 7) is 4.38. The summed E-state index contributed by atoms with van der Waals surface area (Å²) in [5.74, 6) is 1.48. The lowest BCUT2D eigenvalue weighted by atomic mass is 9.95. The normalized spacial score (nSPS) is 18.6. The Morgan fingerprint density at radius 2 is 2.19 bits per heavy atom. The molecular formula is C18H25Cl2N3O3S. The predicted molar refractivity (Wildman–Crippen MR) is 112 cm³/mol. The number of hydrogen-bond donors (Lipinski definition) is 2. The van der Waals surface area contributed by atoms with Crippen molar-refractivity contribution in [1.29, 1.82) is 0 Å². The topological polar surface area (TPSA) is 72.5 Å². The molecule has 9 heteroatoms. The van der Waals surface area contributed by atoms with Crippen LogP contribution in [0.15, 0.2) is 29.1 Å². The van der Waals surface area contributed by atoms with E-state index < -0.39 is 0 Å². The number of piperidine rings is 1. The standard InChI is InChI=1S/C18H23N3O3S.2ClH/c1-12-8-19-6-5-15(12)21-18(22)13-3-4-16(17(7-13)23-2)24-9-14-10-25-11-20-14;;/h3-4,7,10-12,15,19H,5-6,8-9H2,1-2H3,(H,21,22);2*1H. The van der Waals surface area contributed by atoms with Crippen LogP contribution in [0.25, 0.3) is 0 Å². The van der Waals surface area contributed by atoms with E-state index in [2.05, 4.69) is 22.5 Å². The number of methoxy groups -OCH3 is 1. The van der Waals surface area contributed by atoms with Crippen molar-refractivity contribution in [1.82, 2.24) is 15.6 Å². The van der Waals surface area contributed by atoms with Gasteiger partial charge in [-0.15, -0.1) is 36.2 Å². The molecule has 3 rings (SSSR count). The molecule has 1 aromatic heterocycles. The third-order valence-corrected chi connectivity index (χ3v) is 5.02. The first kappa shape index (κ1) is 23.5. The van der Waals surface area contributed by atoms with Crippen LogP contribution in [-0.4, -0.2) is 37.1 Å². The van der Waals surface area contributed by atoms with Gasteiger partial charge in [0.15, 0.2) is 11.5 Å². The summed E-state index contributed by atoms with van der Waals surface area (Å²) in [5.41, 5.74) is 3.21. The molecule has 2 N–H and O–H groups in total. The second-order valence-electron chi connectivity index (χ2n) is 6.18. The first-order valence-corrected chi connectivity index (χ1v) is 9.31. The molecule has 27 heavy (non-hydrogen) atoms. The molecule has 1 aliphatic rings. The lowest BCUT2D eigenvalue weighted by molar-refractivity contribution is 0.0913. The molecule has 2 unspecified atom stereocenters. The monoisotopic (exact) mass is 433 g/mol. The van der Waals surface area contributed by atoms with Gasteiger partial charge < -0.3 is 20.1 Å². The largest absolute Gasteiger partial charge is 0.493 e. The van der Waals surface area contributed by atoms with Gasteiger partial charge in [-0.2, -0.15) is 0 Å². The van der Waals surface area contributed by atoms with Crippen molar-refractivity contribution in [2.75, 3.05) is 20.2 Å². The fraction of sp³-hybridized carbons (Fsp3) is 0.444. The number of carbonyl (C=O) groups is 1. The van der Waals surface area contributed by atoms with Gasteiger partial charge in [-0.3, -0.25) is 4.79 Å². The number of halogens is 2. The van der Waals surface area contributed by atoms with Crippen molar-refractivity contribution in [3.05, 3.63) is 40.3 Å². The molecule has 0 aliphatic carbocycles. The van der Waals surface area contributed by atoms with E-state index in [1.54, 1.807) is 30.8 Å². The minimum absolute atomic E-state index is 0. The van der Waals surface area contributed by atoms with Crippen LogP contribution in [0.3, 0.4) is 0 Å². The first-order chi connectivity index (χ1) is 12.2. The maximum absolute atomic E-state index is 12.5. The number of rotatable bonds is 6. The number of amides is 1. The van der Waals surface area contributed by atoms with Crippen LogP contribution in [0.1, 0.15) is 29.4 Å². The molecule has 0 radical (unpaired) electrons. The second-order valence-corrected chi connectivity index (χ2v) is 6.90. The zero-order valence-electron chi connectivity index (χ0n) is 15.3. The van der Waals surface area contributed by atoms with Crippen LogP contribution in [0.2, 0.25) is 0 Å². The van der Waals surface area contributed by atoms with E-state index in [1.165, 1.54) is 11.3 Å². The quantitative estimate of drug-likeness (QED) is 0.730. The number of benzene rings is 1. The van der Waals surface area contributed by atoms with Gasteiger partial charge in [0.25, 0.3) is 5.91 Å². The molecule has 1 saturated heterocycles. The maximum atomic E-state index is 12.5. The highest BCUT2D eigenvalue weighted by Gasteiger charge is 2.23. The second kappa shape index (κ2) is 11.3. The molecule has 6 nitrogen and oxygen atoms in total. The zero-order chi connectivity index (χ0) is 17.6. The maximum Gasteiger partial charge on any atom is 0.251 e. The molecule has 1 fully saturated rings. The fourth-order valence-corrected chi connectivity index (χ4v) is 3.41. The van der Waals surface area contributed by atoms with Gasteiger partial charge in [-0.05, 0) is 43.6 Å². The van der Waals surface area contributed by atoms with E-state index in [-0.39, 0.29) is 36.8 Å². The van der Waals surface area contributed by atoms with Crippen molar-refractivity contribution < 1.29 is 14.3 Å². The van der Waals surface area contributed by atoms with Crippen molar-refractivity contribution in [3.8, 4) is 11.5 Å². The van der Waals surface area contributed by atoms with Gasteiger partial charge >= 0.3 is 0 Å². The molecule has 2 aromatic rings.